The molecule has 1 aromatic rings. The third-order valence-electron chi connectivity index (χ3n) is 1.81. The molecule has 3 N–H and O–H groups in total. The van der Waals surface area contributed by atoms with Crippen LogP contribution in [0.3, 0.4) is 0 Å². The maximum Gasteiger partial charge on any atom is 0.102 e. The molecule has 0 heterocycles. The van der Waals surface area contributed by atoms with Crippen LogP contribution < -0.4 is 5.73 Å². The van der Waals surface area contributed by atoms with Gasteiger partial charge in [0.2, 0.25) is 0 Å². The summed E-state index contributed by atoms with van der Waals surface area (Å²) in [5, 5.41) is 8.81. The zero-order chi connectivity index (χ0) is 8.81. The number of rotatable bonds is 4. The maximum absolute atomic E-state index is 8.81. The summed E-state index contributed by atoms with van der Waals surface area (Å²) in [5.74, 6) is 0. The molecule has 1 aromatic carbocycles. The highest BCUT2D eigenvalue weighted by atomic mass is 35.5. The van der Waals surface area contributed by atoms with E-state index < -0.39 is 6.23 Å². The third-order valence-corrected chi connectivity index (χ3v) is 1.81. The number of halogens is 1. The summed E-state index contributed by atoms with van der Waals surface area (Å²) < 4.78 is 0. The van der Waals surface area contributed by atoms with Gasteiger partial charge < -0.3 is 10.8 Å². The molecule has 0 aliphatic rings. The number of hydrogen-bond acceptors (Lipinski definition) is 2. The largest absolute Gasteiger partial charge is 0.379 e. The van der Waals surface area contributed by atoms with Gasteiger partial charge in [0.1, 0.15) is 6.23 Å². The van der Waals surface area contributed by atoms with Crippen molar-refractivity contribution in [2.45, 2.75) is 25.5 Å². The normalized spacial score (nSPS) is 11.8. The second-order valence-electron chi connectivity index (χ2n) is 2.95. The first kappa shape index (κ1) is 12.4. The van der Waals surface area contributed by atoms with E-state index in [2.05, 4.69) is 12.1 Å². The minimum Gasteiger partial charge on any atom is -0.379 e. The predicted molar refractivity (Wildman–Crippen MR) is 56.8 cm³/mol. The molecule has 0 amide bonds. The summed E-state index contributed by atoms with van der Waals surface area (Å²) >= 11 is 0. The molecule has 0 aromatic heterocycles. The van der Waals surface area contributed by atoms with E-state index >= 15 is 0 Å². The number of nitrogens with two attached hydrogens (primary N) is 1. The van der Waals surface area contributed by atoms with Gasteiger partial charge in [-0.25, -0.2) is 0 Å². The van der Waals surface area contributed by atoms with Crippen LogP contribution in [0.15, 0.2) is 30.3 Å². The molecule has 0 aliphatic carbocycles. The van der Waals surface area contributed by atoms with Gasteiger partial charge in [0, 0.05) is 0 Å². The van der Waals surface area contributed by atoms with Gasteiger partial charge in [-0.1, -0.05) is 30.3 Å². The summed E-state index contributed by atoms with van der Waals surface area (Å²) in [5.41, 5.74) is 6.52. The number of aliphatic hydroxyl groups is 1. The second kappa shape index (κ2) is 6.89. The minimum atomic E-state index is -0.659. The van der Waals surface area contributed by atoms with Crippen LogP contribution >= 0.6 is 12.4 Å². The molecular weight excluding hydrogens is 186 g/mol. The number of aliphatic hydroxyl groups excluding tert-OH is 1. The van der Waals surface area contributed by atoms with Crippen LogP contribution in [0.25, 0.3) is 0 Å². The Morgan fingerprint density at radius 3 is 2.38 bits per heavy atom. The van der Waals surface area contributed by atoms with Crippen molar-refractivity contribution in [3.05, 3.63) is 35.9 Å². The molecule has 1 unspecified atom stereocenters. The Balaban J connectivity index is 0.00000144. The van der Waals surface area contributed by atoms with Crippen molar-refractivity contribution in [2.75, 3.05) is 0 Å². The highest BCUT2D eigenvalue weighted by Crippen LogP contribution is 2.04. The molecule has 0 fully saturated rings. The number of aryl methyl sites for hydroxylation is 1. The van der Waals surface area contributed by atoms with Crippen LogP contribution in [0.2, 0.25) is 0 Å². The van der Waals surface area contributed by atoms with Crippen molar-refractivity contribution >= 4 is 12.4 Å². The molecule has 0 radical (unpaired) electrons. The van der Waals surface area contributed by atoms with Crippen molar-refractivity contribution in [3.8, 4) is 0 Å². The Hall–Kier alpha value is -0.570. The molecule has 0 saturated carbocycles. The van der Waals surface area contributed by atoms with Crippen molar-refractivity contribution in [1.82, 2.24) is 0 Å². The standard InChI is InChI=1S/C10H15NO.ClH/c11-10(12)8-4-7-9-5-2-1-3-6-9;/h1-3,5-6,10,12H,4,7-8,11H2;1H. The van der Waals surface area contributed by atoms with E-state index in [1.807, 2.05) is 18.2 Å². The fourth-order valence-electron chi connectivity index (χ4n) is 1.16. The van der Waals surface area contributed by atoms with Crippen LogP contribution in [-0.4, -0.2) is 11.3 Å². The molecular formula is C10H16ClNO. The zero-order valence-corrected chi connectivity index (χ0v) is 8.33. The van der Waals surface area contributed by atoms with Gasteiger partial charge in [-0.15, -0.1) is 12.4 Å². The minimum absolute atomic E-state index is 0. The van der Waals surface area contributed by atoms with Crippen LogP contribution in [0.1, 0.15) is 18.4 Å². The van der Waals surface area contributed by atoms with Gasteiger partial charge in [0.15, 0.2) is 0 Å². The lowest BCUT2D eigenvalue weighted by molar-refractivity contribution is 0.169. The molecule has 1 atom stereocenters. The van der Waals surface area contributed by atoms with Gasteiger partial charge in [-0.3, -0.25) is 0 Å². The highest BCUT2D eigenvalue weighted by Gasteiger charge is 1.96. The topological polar surface area (TPSA) is 46.2 Å². The summed E-state index contributed by atoms with van der Waals surface area (Å²) in [6.07, 6.45) is 1.96. The molecule has 74 valence electrons. The number of benzene rings is 1. The first-order valence-corrected chi connectivity index (χ1v) is 4.26. The summed E-state index contributed by atoms with van der Waals surface area (Å²) in [4.78, 5) is 0. The summed E-state index contributed by atoms with van der Waals surface area (Å²) in [6, 6.07) is 10.2. The lowest BCUT2D eigenvalue weighted by Crippen LogP contribution is -2.18. The SMILES string of the molecule is Cl.NC(O)CCCc1ccccc1. The van der Waals surface area contributed by atoms with Gasteiger partial charge in [0.25, 0.3) is 0 Å². The fourth-order valence-corrected chi connectivity index (χ4v) is 1.16. The molecule has 2 nitrogen and oxygen atoms in total. The smallest absolute Gasteiger partial charge is 0.102 e. The Bertz CT molecular complexity index is 213. The van der Waals surface area contributed by atoms with Crippen LogP contribution in [0.5, 0.6) is 0 Å². The highest BCUT2D eigenvalue weighted by molar-refractivity contribution is 5.85. The molecule has 13 heavy (non-hydrogen) atoms. The first-order valence-electron chi connectivity index (χ1n) is 4.26. The Labute approximate surface area is 85.2 Å². The van der Waals surface area contributed by atoms with Gasteiger partial charge in [0.05, 0.1) is 0 Å². The molecule has 0 bridgehead atoms. The molecule has 1 rings (SSSR count). The third kappa shape index (κ3) is 5.64. The van der Waals surface area contributed by atoms with E-state index in [9.17, 15) is 0 Å². The van der Waals surface area contributed by atoms with E-state index in [-0.39, 0.29) is 12.4 Å². The molecule has 0 spiro atoms. The first-order chi connectivity index (χ1) is 5.79. The van der Waals surface area contributed by atoms with Crippen LogP contribution in [0.4, 0.5) is 0 Å². The Morgan fingerprint density at radius 1 is 1.23 bits per heavy atom. The molecule has 3 heteroatoms. The van der Waals surface area contributed by atoms with E-state index in [1.165, 1.54) is 5.56 Å². The van der Waals surface area contributed by atoms with Crippen LogP contribution in [-0.2, 0) is 6.42 Å². The molecule has 0 aliphatic heterocycles. The summed E-state index contributed by atoms with van der Waals surface area (Å²) in [6.45, 7) is 0. The van der Waals surface area contributed by atoms with Crippen molar-refractivity contribution in [2.24, 2.45) is 5.73 Å². The van der Waals surface area contributed by atoms with E-state index in [0.29, 0.717) is 6.42 Å². The average molecular weight is 202 g/mol. The Kier molecular flexibility index (Phi) is 6.59. The van der Waals surface area contributed by atoms with Crippen molar-refractivity contribution in [1.29, 1.82) is 0 Å². The summed E-state index contributed by atoms with van der Waals surface area (Å²) in [7, 11) is 0. The van der Waals surface area contributed by atoms with E-state index in [0.717, 1.165) is 12.8 Å². The maximum atomic E-state index is 8.81. The van der Waals surface area contributed by atoms with Crippen molar-refractivity contribution in [3.63, 3.8) is 0 Å². The predicted octanol–water partition coefficient (Wildman–Crippen LogP) is 1.71. The van der Waals surface area contributed by atoms with Gasteiger partial charge >= 0.3 is 0 Å². The zero-order valence-electron chi connectivity index (χ0n) is 7.52. The lowest BCUT2D eigenvalue weighted by Gasteiger charge is -2.03. The monoisotopic (exact) mass is 201 g/mol. The molecule has 0 saturated heterocycles. The number of hydrogen-bond donors (Lipinski definition) is 2. The second-order valence-corrected chi connectivity index (χ2v) is 2.95. The van der Waals surface area contributed by atoms with Crippen molar-refractivity contribution < 1.29 is 5.11 Å². The van der Waals surface area contributed by atoms with E-state index in [1.54, 1.807) is 0 Å². The quantitative estimate of drug-likeness (QED) is 0.729. The average Bonchev–Trinajstić information content (AvgIpc) is 2.05. The van der Waals surface area contributed by atoms with Gasteiger partial charge in [-0.2, -0.15) is 0 Å². The van der Waals surface area contributed by atoms with E-state index in [4.69, 9.17) is 10.8 Å². The Morgan fingerprint density at radius 2 is 1.85 bits per heavy atom. The lowest BCUT2D eigenvalue weighted by atomic mass is 10.1. The van der Waals surface area contributed by atoms with Crippen LogP contribution in [0, 0.1) is 0 Å². The van der Waals surface area contributed by atoms with Gasteiger partial charge in [-0.05, 0) is 24.8 Å². The fraction of sp³-hybridized carbons (Fsp3) is 0.400.